The summed E-state index contributed by atoms with van der Waals surface area (Å²) < 4.78 is 2.46. The van der Waals surface area contributed by atoms with Crippen molar-refractivity contribution < 1.29 is 0 Å². The number of nitrogens with zero attached hydrogens (tertiary/aromatic N) is 2. The Balaban J connectivity index is 1.75. The molecule has 0 radical (unpaired) electrons. The number of imidazole rings is 1. The molecule has 0 amide bonds. The molecule has 2 unspecified atom stereocenters. The monoisotopic (exact) mass is 219 g/mol. The van der Waals surface area contributed by atoms with Crippen molar-refractivity contribution in [2.75, 3.05) is 6.54 Å². The largest absolute Gasteiger partial charge is 0.332 e. The molecule has 1 saturated heterocycles. The van der Waals surface area contributed by atoms with Crippen molar-refractivity contribution >= 4 is 0 Å². The Morgan fingerprint density at radius 3 is 3.25 bits per heavy atom. The zero-order valence-corrected chi connectivity index (χ0v) is 10.1. The molecule has 3 heterocycles. The van der Waals surface area contributed by atoms with Gasteiger partial charge < -0.3 is 9.88 Å². The van der Waals surface area contributed by atoms with Gasteiger partial charge in [-0.05, 0) is 38.1 Å². The van der Waals surface area contributed by atoms with Crippen molar-refractivity contribution in [3.05, 3.63) is 17.7 Å². The molecule has 1 fully saturated rings. The maximum Gasteiger partial charge on any atom is 0.110 e. The average Bonchev–Trinajstić information content (AvgIpc) is 2.89. The Morgan fingerprint density at radius 2 is 2.44 bits per heavy atom. The molecular formula is C13H21N3. The molecule has 3 heteroatoms. The first-order valence-electron chi connectivity index (χ1n) is 6.59. The molecule has 0 bridgehead atoms. The Hall–Kier alpha value is -0.830. The van der Waals surface area contributed by atoms with E-state index >= 15 is 0 Å². The van der Waals surface area contributed by atoms with Gasteiger partial charge in [0.2, 0.25) is 0 Å². The Kier molecular flexibility index (Phi) is 2.72. The first-order valence-corrected chi connectivity index (χ1v) is 6.59. The van der Waals surface area contributed by atoms with E-state index in [0.29, 0.717) is 6.04 Å². The lowest BCUT2D eigenvalue weighted by atomic mass is 9.98. The molecule has 3 rings (SSSR count). The first-order chi connectivity index (χ1) is 7.83. The minimum absolute atomic E-state index is 0.672. The highest BCUT2D eigenvalue weighted by molar-refractivity contribution is 5.10. The van der Waals surface area contributed by atoms with Crippen LogP contribution in [-0.4, -0.2) is 22.1 Å². The van der Waals surface area contributed by atoms with Crippen LogP contribution in [0.3, 0.4) is 0 Å². The fourth-order valence-electron chi connectivity index (χ4n) is 3.01. The van der Waals surface area contributed by atoms with Gasteiger partial charge in [0.15, 0.2) is 0 Å². The molecule has 2 atom stereocenters. The Morgan fingerprint density at radius 1 is 1.50 bits per heavy atom. The lowest BCUT2D eigenvalue weighted by molar-refractivity contribution is 0.404. The molecule has 0 aromatic carbocycles. The van der Waals surface area contributed by atoms with E-state index in [1.807, 2.05) is 0 Å². The number of hydrogen-bond donors (Lipinski definition) is 1. The SMILES string of the molecule is CC1CCn2c(cnc2CC2CCCN2)C1. The molecule has 88 valence electrons. The van der Waals surface area contributed by atoms with E-state index in [4.69, 9.17) is 0 Å². The molecule has 2 aliphatic heterocycles. The van der Waals surface area contributed by atoms with Gasteiger partial charge in [-0.2, -0.15) is 0 Å². The van der Waals surface area contributed by atoms with Gasteiger partial charge in [-0.25, -0.2) is 4.98 Å². The maximum absolute atomic E-state index is 4.62. The highest BCUT2D eigenvalue weighted by Crippen LogP contribution is 2.22. The topological polar surface area (TPSA) is 29.9 Å². The van der Waals surface area contributed by atoms with Crippen LogP contribution in [0.5, 0.6) is 0 Å². The van der Waals surface area contributed by atoms with Gasteiger partial charge in [-0.15, -0.1) is 0 Å². The third-order valence-corrected chi connectivity index (χ3v) is 4.02. The second-order valence-electron chi connectivity index (χ2n) is 5.41. The number of fused-ring (bicyclic) bond motifs is 1. The van der Waals surface area contributed by atoms with Crippen LogP contribution >= 0.6 is 0 Å². The summed E-state index contributed by atoms with van der Waals surface area (Å²) in [6.45, 7) is 4.71. The van der Waals surface area contributed by atoms with Gasteiger partial charge in [0, 0.05) is 30.9 Å². The second-order valence-corrected chi connectivity index (χ2v) is 5.41. The lowest BCUT2D eigenvalue weighted by Gasteiger charge is -2.22. The molecule has 3 nitrogen and oxygen atoms in total. The average molecular weight is 219 g/mol. The van der Waals surface area contributed by atoms with Crippen LogP contribution in [0.25, 0.3) is 0 Å². The molecule has 2 aliphatic rings. The minimum Gasteiger partial charge on any atom is -0.332 e. The second kappa shape index (κ2) is 4.21. The van der Waals surface area contributed by atoms with Gasteiger partial charge in [-0.1, -0.05) is 6.92 Å². The van der Waals surface area contributed by atoms with Gasteiger partial charge in [0.05, 0.1) is 0 Å². The molecule has 1 aromatic heterocycles. The van der Waals surface area contributed by atoms with Crippen molar-refractivity contribution in [1.82, 2.24) is 14.9 Å². The van der Waals surface area contributed by atoms with Gasteiger partial charge >= 0.3 is 0 Å². The Labute approximate surface area is 97.3 Å². The highest BCUT2D eigenvalue weighted by Gasteiger charge is 2.21. The van der Waals surface area contributed by atoms with Crippen LogP contribution in [0.2, 0.25) is 0 Å². The number of nitrogens with one attached hydrogen (secondary N) is 1. The summed E-state index contributed by atoms with van der Waals surface area (Å²) >= 11 is 0. The number of hydrogen-bond acceptors (Lipinski definition) is 2. The van der Waals surface area contributed by atoms with Gasteiger partial charge in [0.25, 0.3) is 0 Å². The summed E-state index contributed by atoms with van der Waals surface area (Å²) in [4.78, 5) is 4.62. The number of rotatable bonds is 2. The third-order valence-electron chi connectivity index (χ3n) is 4.02. The van der Waals surface area contributed by atoms with E-state index in [-0.39, 0.29) is 0 Å². The maximum atomic E-state index is 4.62. The molecule has 1 N–H and O–H groups in total. The fourth-order valence-corrected chi connectivity index (χ4v) is 3.01. The van der Waals surface area contributed by atoms with Gasteiger partial charge in [0.1, 0.15) is 5.82 Å². The van der Waals surface area contributed by atoms with E-state index < -0.39 is 0 Å². The van der Waals surface area contributed by atoms with Crippen LogP contribution in [0.1, 0.15) is 37.7 Å². The van der Waals surface area contributed by atoms with Crippen molar-refractivity contribution in [1.29, 1.82) is 0 Å². The molecular weight excluding hydrogens is 198 g/mol. The molecule has 0 aliphatic carbocycles. The Bertz CT molecular complexity index is 363. The van der Waals surface area contributed by atoms with Crippen molar-refractivity contribution in [3.8, 4) is 0 Å². The summed E-state index contributed by atoms with van der Waals surface area (Å²) in [5.41, 5.74) is 1.45. The highest BCUT2D eigenvalue weighted by atomic mass is 15.1. The van der Waals surface area contributed by atoms with Crippen LogP contribution < -0.4 is 5.32 Å². The predicted octanol–water partition coefficient (Wildman–Crippen LogP) is 1.76. The molecule has 0 saturated carbocycles. The molecule has 1 aromatic rings. The normalized spacial score (nSPS) is 29.3. The van der Waals surface area contributed by atoms with E-state index in [9.17, 15) is 0 Å². The van der Waals surface area contributed by atoms with Crippen LogP contribution in [0, 0.1) is 5.92 Å². The van der Waals surface area contributed by atoms with Crippen molar-refractivity contribution in [2.45, 2.75) is 51.6 Å². The van der Waals surface area contributed by atoms with Crippen molar-refractivity contribution in [2.24, 2.45) is 5.92 Å². The zero-order valence-electron chi connectivity index (χ0n) is 10.1. The summed E-state index contributed by atoms with van der Waals surface area (Å²) in [6, 6.07) is 0.672. The first kappa shape index (κ1) is 10.3. The van der Waals surface area contributed by atoms with Crippen LogP contribution in [0.4, 0.5) is 0 Å². The number of aromatic nitrogens is 2. The third kappa shape index (κ3) is 1.88. The summed E-state index contributed by atoms with van der Waals surface area (Å²) in [5.74, 6) is 2.14. The summed E-state index contributed by atoms with van der Waals surface area (Å²) in [5, 5.41) is 3.56. The standard InChI is InChI=1S/C13H21N3/c1-10-4-6-16-12(7-10)9-15-13(16)8-11-3-2-5-14-11/h9-11,14H,2-8H2,1H3. The van der Waals surface area contributed by atoms with Crippen molar-refractivity contribution in [3.63, 3.8) is 0 Å². The van der Waals surface area contributed by atoms with Gasteiger partial charge in [-0.3, -0.25) is 0 Å². The lowest BCUT2D eigenvalue weighted by Crippen LogP contribution is -2.26. The van der Waals surface area contributed by atoms with E-state index in [2.05, 4.69) is 28.0 Å². The predicted molar refractivity (Wildman–Crippen MR) is 64.4 cm³/mol. The van der Waals surface area contributed by atoms with Crippen LogP contribution in [0.15, 0.2) is 6.20 Å². The zero-order chi connectivity index (χ0) is 11.0. The van der Waals surface area contributed by atoms with Crippen LogP contribution in [-0.2, 0) is 19.4 Å². The van der Waals surface area contributed by atoms with E-state index in [1.54, 1.807) is 0 Å². The smallest absolute Gasteiger partial charge is 0.110 e. The molecule has 0 spiro atoms. The molecule has 16 heavy (non-hydrogen) atoms. The van der Waals surface area contributed by atoms with E-state index in [0.717, 1.165) is 12.3 Å². The summed E-state index contributed by atoms with van der Waals surface area (Å²) in [7, 11) is 0. The van der Waals surface area contributed by atoms with E-state index in [1.165, 1.54) is 50.3 Å². The fraction of sp³-hybridized carbons (Fsp3) is 0.769. The summed E-state index contributed by atoms with van der Waals surface area (Å²) in [6.07, 6.45) is 8.39. The quantitative estimate of drug-likeness (QED) is 0.821. The minimum atomic E-state index is 0.672.